The maximum atomic E-state index is 11.9. The Morgan fingerprint density at radius 2 is 1.95 bits per heavy atom. The van der Waals surface area contributed by atoms with E-state index >= 15 is 0 Å². The summed E-state index contributed by atoms with van der Waals surface area (Å²) in [6.07, 6.45) is 0.976. The summed E-state index contributed by atoms with van der Waals surface area (Å²) < 4.78 is 0. The van der Waals surface area contributed by atoms with Crippen LogP contribution >= 0.6 is 0 Å². The van der Waals surface area contributed by atoms with Gasteiger partial charge in [-0.2, -0.15) is 0 Å². The molecule has 0 bridgehead atoms. The van der Waals surface area contributed by atoms with Gasteiger partial charge in [-0.1, -0.05) is 38.1 Å². The number of rotatable bonds is 5. The van der Waals surface area contributed by atoms with Crippen molar-refractivity contribution in [2.24, 2.45) is 5.73 Å². The maximum absolute atomic E-state index is 11.9. The molecule has 1 heterocycles. The molecule has 1 aromatic carbocycles. The molecular formula is C16H23N3O2. The molecule has 5 nitrogen and oxygen atoms in total. The zero-order chi connectivity index (χ0) is 15.4. The van der Waals surface area contributed by atoms with Crippen molar-refractivity contribution < 1.29 is 9.59 Å². The van der Waals surface area contributed by atoms with Gasteiger partial charge in [0.25, 0.3) is 0 Å². The summed E-state index contributed by atoms with van der Waals surface area (Å²) in [6, 6.07) is 7.49. The van der Waals surface area contributed by atoms with Gasteiger partial charge in [0.1, 0.15) is 6.04 Å². The minimum Gasteiger partial charge on any atom is -0.352 e. The fourth-order valence-corrected chi connectivity index (χ4v) is 2.39. The SMILES string of the molecule is CC(C)c1ccc(C(N)CNC(=O)[C@H]2CCC(=O)N2)cc1. The summed E-state index contributed by atoms with van der Waals surface area (Å²) in [5, 5.41) is 5.45. The Bertz CT molecular complexity index is 511. The first kappa shape index (κ1) is 15.5. The van der Waals surface area contributed by atoms with Crippen LogP contribution in [0.15, 0.2) is 24.3 Å². The first-order valence-corrected chi connectivity index (χ1v) is 7.40. The Hall–Kier alpha value is -1.88. The first-order chi connectivity index (χ1) is 9.97. The van der Waals surface area contributed by atoms with Crippen molar-refractivity contribution in [2.45, 2.75) is 44.7 Å². The standard InChI is InChI=1S/C16H23N3O2/c1-10(2)11-3-5-12(6-4-11)13(17)9-18-16(21)14-7-8-15(20)19-14/h3-6,10,13-14H,7-9,17H2,1-2H3,(H,18,21)(H,19,20)/t13?,14-/m1/s1. The molecule has 2 atom stereocenters. The van der Waals surface area contributed by atoms with Crippen LogP contribution in [0.25, 0.3) is 0 Å². The van der Waals surface area contributed by atoms with Crippen molar-refractivity contribution in [1.29, 1.82) is 0 Å². The molecule has 1 aliphatic heterocycles. The summed E-state index contributed by atoms with van der Waals surface area (Å²) in [4.78, 5) is 23.0. The molecule has 5 heteroatoms. The molecular weight excluding hydrogens is 266 g/mol. The van der Waals surface area contributed by atoms with E-state index in [4.69, 9.17) is 5.73 Å². The Kier molecular flexibility index (Phi) is 4.96. The lowest BCUT2D eigenvalue weighted by molar-refractivity contribution is -0.125. The minimum atomic E-state index is -0.409. The third kappa shape index (κ3) is 4.04. The summed E-state index contributed by atoms with van der Waals surface area (Å²) in [6.45, 7) is 4.66. The van der Waals surface area contributed by atoms with E-state index in [1.165, 1.54) is 5.56 Å². The highest BCUT2D eigenvalue weighted by Crippen LogP contribution is 2.17. The number of nitrogens with two attached hydrogens (primary N) is 1. The fraction of sp³-hybridized carbons (Fsp3) is 0.500. The van der Waals surface area contributed by atoms with Crippen LogP contribution in [0, 0.1) is 0 Å². The summed E-state index contributed by atoms with van der Waals surface area (Å²) >= 11 is 0. The van der Waals surface area contributed by atoms with E-state index < -0.39 is 6.04 Å². The van der Waals surface area contributed by atoms with Crippen LogP contribution in [-0.2, 0) is 9.59 Å². The van der Waals surface area contributed by atoms with Crippen LogP contribution < -0.4 is 16.4 Å². The smallest absolute Gasteiger partial charge is 0.242 e. The zero-order valence-corrected chi connectivity index (χ0v) is 12.6. The molecule has 0 aromatic heterocycles. The highest BCUT2D eigenvalue weighted by molar-refractivity contribution is 5.90. The predicted molar refractivity (Wildman–Crippen MR) is 81.6 cm³/mol. The molecule has 1 aliphatic rings. The number of benzene rings is 1. The molecule has 0 aliphatic carbocycles. The van der Waals surface area contributed by atoms with Gasteiger partial charge in [-0.3, -0.25) is 9.59 Å². The van der Waals surface area contributed by atoms with Crippen molar-refractivity contribution >= 4 is 11.8 Å². The summed E-state index contributed by atoms with van der Waals surface area (Å²) in [5.74, 6) is 0.264. The van der Waals surface area contributed by atoms with E-state index in [0.29, 0.717) is 25.3 Å². The van der Waals surface area contributed by atoms with Crippen LogP contribution in [0.2, 0.25) is 0 Å². The number of amides is 2. The van der Waals surface area contributed by atoms with Crippen molar-refractivity contribution in [3.05, 3.63) is 35.4 Å². The van der Waals surface area contributed by atoms with Crippen LogP contribution in [0.5, 0.6) is 0 Å². The molecule has 0 spiro atoms. The summed E-state index contributed by atoms with van der Waals surface area (Å²) in [5.41, 5.74) is 8.36. The number of hydrogen-bond donors (Lipinski definition) is 3. The average molecular weight is 289 g/mol. The van der Waals surface area contributed by atoms with Gasteiger partial charge < -0.3 is 16.4 Å². The second-order valence-electron chi connectivity index (χ2n) is 5.83. The minimum absolute atomic E-state index is 0.0660. The normalized spacial score (nSPS) is 19.4. The van der Waals surface area contributed by atoms with E-state index in [-0.39, 0.29) is 17.9 Å². The van der Waals surface area contributed by atoms with Crippen molar-refractivity contribution in [1.82, 2.24) is 10.6 Å². The average Bonchev–Trinajstić information content (AvgIpc) is 2.91. The number of hydrogen-bond acceptors (Lipinski definition) is 3. The highest BCUT2D eigenvalue weighted by Gasteiger charge is 2.27. The van der Waals surface area contributed by atoms with Crippen LogP contribution in [-0.4, -0.2) is 24.4 Å². The van der Waals surface area contributed by atoms with Gasteiger partial charge in [-0.05, 0) is 23.5 Å². The maximum Gasteiger partial charge on any atom is 0.242 e. The molecule has 2 rings (SSSR count). The molecule has 2 amide bonds. The Labute approximate surface area is 125 Å². The molecule has 1 unspecified atom stereocenters. The van der Waals surface area contributed by atoms with E-state index in [1.54, 1.807) is 0 Å². The third-order valence-electron chi connectivity index (χ3n) is 3.84. The Balaban J connectivity index is 1.85. The van der Waals surface area contributed by atoms with Gasteiger partial charge in [-0.25, -0.2) is 0 Å². The first-order valence-electron chi connectivity index (χ1n) is 7.40. The number of carbonyl (C=O) groups excluding carboxylic acids is 2. The van der Waals surface area contributed by atoms with E-state index in [9.17, 15) is 9.59 Å². The van der Waals surface area contributed by atoms with Crippen LogP contribution in [0.3, 0.4) is 0 Å². The van der Waals surface area contributed by atoms with Crippen LogP contribution in [0.1, 0.15) is 49.8 Å². The monoisotopic (exact) mass is 289 g/mol. The van der Waals surface area contributed by atoms with Gasteiger partial charge in [0, 0.05) is 19.0 Å². The van der Waals surface area contributed by atoms with E-state index in [0.717, 1.165) is 5.56 Å². The molecule has 1 aromatic rings. The Morgan fingerprint density at radius 3 is 2.48 bits per heavy atom. The topological polar surface area (TPSA) is 84.2 Å². The number of nitrogens with one attached hydrogen (secondary N) is 2. The summed E-state index contributed by atoms with van der Waals surface area (Å²) in [7, 11) is 0. The van der Waals surface area contributed by atoms with Gasteiger partial charge in [0.15, 0.2) is 0 Å². The third-order valence-corrected chi connectivity index (χ3v) is 3.84. The van der Waals surface area contributed by atoms with Gasteiger partial charge in [0.2, 0.25) is 11.8 Å². The molecule has 1 fully saturated rings. The lowest BCUT2D eigenvalue weighted by Gasteiger charge is -2.16. The van der Waals surface area contributed by atoms with Crippen molar-refractivity contribution in [2.75, 3.05) is 6.54 Å². The quantitative estimate of drug-likeness (QED) is 0.761. The number of carbonyl (C=O) groups is 2. The van der Waals surface area contributed by atoms with Crippen molar-refractivity contribution in [3.8, 4) is 0 Å². The molecule has 0 saturated carbocycles. The molecule has 4 N–H and O–H groups in total. The van der Waals surface area contributed by atoms with Crippen molar-refractivity contribution in [3.63, 3.8) is 0 Å². The zero-order valence-electron chi connectivity index (χ0n) is 12.6. The Morgan fingerprint density at radius 1 is 1.33 bits per heavy atom. The largest absolute Gasteiger partial charge is 0.352 e. The van der Waals surface area contributed by atoms with E-state index in [2.05, 4.69) is 36.6 Å². The van der Waals surface area contributed by atoms with Crippen LogP contribution in [0.4, 0.5) is 0 Å². The lowest BCUT2D eigenvalue weighted by Crippen LogP contribution is -2.43. The second-order valence-corrected chi connectivity index (χ2v) is 5.83. The van der Waals surface area contributed by atoms with Gasteiger partial charge in [0.05, 0.1) is 0 Å². The van der Waals surface area contributed by atoms with E-state index in [1.807, 2.05) is 12.1 Å². The molecule has 0 radical (unpaired) electrons. The fourth-order valence-electron chi connectivity index (χ4n) is 2.39. The highest BCUT2D eigenvalue weighted by atomic mass is 16.2. The lowest BCUT2D eigenvalue weighted by atomic mass is 9.99. The predicted octanol–water partition coefficient (Wildman–Crippen LogP) is 1.20. The second kappa shape index (κ2) is 6.72. The molecule has 114 valence electrons. The van der Waals surface area contributed by atoms with Gasteiger partial charge >= 0.3 is 0 Å². The van der Waals surface area contributed by atoms with Gasteiger partial charge in [-0.15, -0.1) is 0 Å². The molecule has 1 saturated heterocycles. The molecule has 21 heavy (non-hydrogen) atoms.